The minimum Gasteiger partial charge on any atom is -0.316 e. The Labute approximate surface area is 132 Å². The first-order chi connectivity index (χ1) is 9.86. The zero-order valence-corrected chi connectivity index (χ0v) is 14.3. The monoisotopic (exact) mass is 330 g/mol. The Bertz CT molecular complexity index is 602. The van der Waals surface area contributed by atoms with Gasteiger partial charge in [-0.15, -0.1) is 0 Å². The Balaban J connectivity index is 2.30. The first kappa shape index (κ1) is 16.7. The summed E-state index contributed by atoms with van der Waals surface area (Å²) in [4.78, 5) is 0.223. The third kappa shape index (κ3) is 3.59. The van der Waals surface area contributed by atoms with Crippen molar-refractivity contribution in [2.75, 3.05) is 20.1 Å². The average Bonchev–Trinajstić information content (AvgIpc) is 2.91. The largest absolute Gasteiger partial charge is 0.316 e. The van der Waals surface area contributed by atoms with Crippen molar-refractivity contribution < 1.29 is 8.42 Å². The molecule has 2 rings (SSSR count). The van der Waals surface area contributed by atoms with Gasteiger partial charge in [0.15, 0.2) is 0 Å². The first-order valence-electron chi connectivity index (χ1n) is 7.29. The molecule has 6 heteroatoms. The van der Waals surface area contributed by atoms with E-state index in [0.29, 0.717) is 36.5 Å². The summed E-state index contributed by atoms with van der Waals surface area (Å²) in [5, 5.41) is 3.32. The van der Waals surface area contributed by atoms with Gasteiger partial charge in [-0.2, -0.15) is 4.31 Å². The van der Waals surface area contributed by atoms with E-state index in [1.165, 1.54) is 0 Å². The van der Waals surface area contributed by atoms with Gasteiger partial charge in [-0.25, -0.2) is 8.42 Å². The fourth-order valence-corrected chi connectivity index (χ4v) is 4.75. The lowest BCUT2D eigenvalue weighted by atomic mass is 9.96. The van der Waals surface area contributed by atoms with Gasteiger partial charge in [0.1, 0.15) is 4.90 Å². The number of halogens is 1. The predicted molar refractivity (Wildman–Crippen MR) is 85.9 cm³/mol. The maximum absolute atomic E-state index is 12.8. The highest BCUT2D eigenvalue weighted by molar-refractivity contribution is 7.89. The molecule has 1 aromatic carbocycles. The van der Waals surface area contributed by atoms with Gasteiger partial charge in [0.25, 0.3) is 0 Å². The molecule has 4 nitrogen and oxygen atoms in total. The molecule has 0 spiro atoms. The molecule has 0 amide bonds. The molecule has 1 heterocycles. The zero-order chi connectivity index (χ0) is 15.6. The summed E-state index contributed by atoms with van der Waals surface area (Å²) in [6, 6.07) is 5.19. The Hall–Kier alpha value is -0.620. The van der Waals surface area contributed by atoms with E-state index in [0.717, 1.165) is 12.0 Å². The van der Waals surface area contributed by atoms with Gasteiger partial charge in [0.05, 0.1) is 5.02 Å². The quantitative estimate of drug-likeness (QED) is 0.903. The summed E-state index contributed by atoms with van der Waals surface area (Å²) in [7, 11) is -1.67. The topological polar surface area (TPSA) is 49.4 Å². The SMILES string of the molecule is CNCc1ccc(Cl)c(S(=O)(=O)N2CCC(C(C)C)C2)c1. The van der Waals surface area contributed by atoms with E-state index in [4.69, 9.17) is 11.6 Å². The average molecular weight is 331 g/mol. The van der Waals surface area contributed by atoms with E-state index < -0.39 is 10.0 Å². The van der Waals surface area contributed by atoms with Gasteiger partial charge in [-0.1, -0.05) is 31.5 Å². The molecule has 1 aromatic rings. The third-order valence-corrected chi connectivity index (χ3v) is 6.47. The Morgan fingerprint density at radius 1 is 1.43 bits per heavy atom. The second-order valence-corrected chi connectivity index (χ2v) is 8.26. The normalized spacial score (nSPS) is 20.3. The highest BCUT2D eigenvalue weighted by Crippen LogP contribution is 2.31. The number of benzene rings is 1. The molecule has 1 atom stereocenters. The molecule has 1 unspecified atom stereocenters. The lowest BCUT2D eigenvalue weighted by Crippen LogP contribution is -2.30. The standard InChI is InChI=1S/C15H23ClN2O2S/c1-11(2)13-6-7-18(10-13)21(19,20)15-8-12(9-17-3)4-5-14(15)16/h4-5,8,11,13,17H,6-7,9-10H2,1-3H3. The molecule has 0 bridgehead atoms. The molecule has 1 N–H and O–H groups in total. The van der Waals surface area contributed by atoms with Crippen molar-refractivity contribution >= 4 is 21.6 Å². The number of nitrogens with zero attached hydrogens (tertiary/aromatic N) is 1. The van der Waals surface area contributed by atoms with Gasteiger partial charge < -0.3 is 5.32 Å². The Kier molecular flexibility index (Phi) is 5.30. The lowest BCUT2D eigenvalue weighted by Gasteiger charge is -2.19. The zero-order valence-electron chi connectivity index (χ0n) is 12.8. The van der Waals surface area contributed by atoms with Gasteiger partial charge in [0.2, 0.25) is 10.0 Å². The van der Waals surface area contributed by atoms with Crippen LogP contribution in [0, 0.1) is 11.8 Å². The molecule has 21 heavy (non-hydrogen) atoms. The van der Waals surface area contributed by atoms with Crippen LogP contribution in [0.1, 0.15) is 25.8 Å². The Morgan fingerprint density at radius 2 is 2.14 bits per heavy atom. The summed E-state index contributed by atoms with van der Waals surface area (Å²) in [6.07, 6.45) is 0.921. The van der Waals surface area contributed by atoms with Crippen LogP contribution in [-0.2, 0) is 16.6 Å². The van der Waals surface area contributed by atoms with Crippen molar-refractivity contribution in [2.45, 2.75) is 31.7 Å². The summed E-state index contributed by atoms with van der Waals surface area (Å²) < 4.78 is 27.2. The molecular weight excluding hydrogens is 308 g/mol. The minimum absolute atomic E-state index is 0.223. The number of sulfonamides is 1. The number of nitrogens with one attached hydrogen (secondary N) is 1. The van der Waals surface area contributed by atoms with Crippen LogP contribution in [0.4, 0.5) is 0 Å². The van der Waals surface area contributed by atoms with Crippen molar-refractivity contribution in [1.29, 1.82) is 0 Å². The molecular formula is C15H23ClN2O2S. The highest BCUT2D eigenvalue weighted by Gasteiger charge is 2.34. The van der Waals surface area contributed by atoms with Crippen LogP contribution in [0.15, 0.2) is 23.1 Å². The molecule has 0 saturated carbocycles. The minimum atomic E-state index is -3.50. The van der Waals surface area contributed by atoms with Gasteiger partial charge in [-0.3, -0.25) is 0 Å². The summed E-state index contributed by atoms with van der Waals surface area (Å²) in [6.45, 7) is 6.07. The molecule has 0 radical (unpaired) electrons. The molecule has 1 fully saturated rings. The fraction of sp³-hybridized carbons (Fsp3) is 0.600. The van der Waals surface area contributed by atoms with Gasteiger partial charge >= 0.3 is 0 Å². The number of hydrogen-bond donors (Lipinski definition) is 1. The molecule has 118 valence electrons. The van der Waals surface area contributed by atoms with Crippen LogP contribution in [0.2, 0.25) is 5.02 Å². The highest BCUT2D eigenvalue weighted by atomic mass is 35.5. The van der Waals surface area contributed by atoms with Crippen LogP contribution in [0.25, 0.3) is 0 Å². The molecule has 0 aromatic heterocycles. The second-order valence-electron chi connectivity index (χ2n) is 5.95. The first-order valence-corrected chi connectivity index (χ1v) is 9.11. The second kappa shape index (κ2) is 6.65. The van der Waals surface area contributed by atoms with Crippen molar-refractivity contribution in [3.63, 3.8) is 0 Å². The van der Waals surface area contributed by atoms with E-state index in [-0.39, 0.29) is 4.90 Å². The van der Waals surface area contributed by atoms with Crippen LogP contribution in [-0.4, -0.2) is 32.9 Å². The van der Waals surface area contributed by atoms with Crippen molar-refractivity contribution in [2.24, 2.45) is 11.8 Å². The van der Waals surface area contributed by atoms with E-state index >= 15 is 0 Å². The summed E-state index contributed by atoms with van der Waals surface area (Å²) in [5.41, 5.74) is 0.917. The van der Waals surface area contributed by atoms with Crippen LogP contribution in [0.3, 0.4) is 0 Å². The molecule has 1 saturated heterocycles. The van der Waals surface area contributed by atoms with E-state index in [1.54, 1.807) is 16.4 Å². The lowest BCUT2D eigenvalue weighted by molar-refractivity contribution is 0.388. The van der Waals surface area contributed by atoms with Gasteiger partial charge in [-0.05, 0) is 43.0 Å². The van der Waals surface area contributed by atoms with E-state index in [9.17, 15) is 8.42 Å². The maximum atomic E-state index is 12.8. The van der Waals surface area contributed by atoms with Crippen LogP contribution < -0.4 is 5.32 Å². The van der Waals surface area contributed by atoms with E-state index in [2.05, 4.69) is 19.2 Å². The third-order valence-electron chi connectivity index (χ3n) is 4.12. The van der Waals surface area contributed by atoms with Crippen molar-refractivity contribution in [3.05, 3.63) is 28.8 Å². The summed E-state index contributed by atoms with van der Waals surface area (Å²) >= 11 is 6.13. The fourth-order valence-electron chi connectivity index (χ4n) is 2.72. The smallest absolute Gasteiger partial charge is 0.244 e. The summed E-state index contributed by atoms with van der Waals surface area (Å²) in [5.74, 6) is 0.926. The van der Waals surface area contributed by atoms with Crippen molar-refractivity contribution in [1.82, 2.24) is 9.62 Å². The van der Waals surface area contributed by atoms with Crippen LogP contribution >= 0.6 is 11.6 Å². The molecule has 1 aliphatic heterocycles. The van der Waals surface area contributed by atoms with Crippen LogP contribution in [0.5, 0.6) is 0 Å². The Morgan fingerprint density at radius 3 is 2.71 bits per heavy atom. The number of rotatable bonds is 5. The maximum Gasteiger partial charge on any atom is 0.244 e. The van der Waals surface area contributed by atoms with Gasteiger partial charge in [0, 0.05) is 19.6 Å². The predicted octanol–water partition coefficient (Wildman–Crippen LogP) is 2.73. The molecule has 0 aliphatic carbocycles. The van der Waals surface area contributed by atoms with E-state index in [1.807, 2.05) is 13.1 Å². The molecule has 1 aliphatic rings. The van der Waals surface area contributed by atoms with Crippen molar-refractivity contribution in [3.8, 4) is 0 Å². The number of hydrogen-bond acceptors (Lipinski definition) is 3.